The maximum Gasteiger partial charge on any atom is 0.346 e. The lowest BCUT2D eigenvalue weighted by atomic mass is 9.84. The number of rotatable bonds is 1. The van der Waals surface area contributed by atoms with Gasteiger partial charge in [-0.25, -0.2) is 19.4 Å². The van der Waals surface area contributed by atoms with Gasteiger partial charge in [0.05, 0.1) is 11.1 Å². The number of benzene rings is 6. The molecule has 5 nitrogen and oxygen atoms in total. The molecule has 2 heterocycles. The fourth-order valence-corrected chi connectivity index (χ4v) is 5.87. The summed E-state index contributed by atoms with van der Waals surface area (Å²) >= 11 is 0. The lowest BCUT2D eigenvalue weighted by Gasteiger charge is -2.21. The Morgan fingerprint density at radius 2 is 1.00 bits per heavy atom. The minimum Gasteiger partial charge on any atom is -0.386 e. The molecular weight excluding hydrogens is 464 g/mol. The van der Waals surface area contributed by atoms with E-state index in [2.05, 4.69) is 48.5 Å². The highest BCUT2D eigenvalue weighted by molar-refractivity contribution is 6.25. The lowest BCUT2D eigenvalue weighted by Crippen LogP contribution is -2.07. The minimum absolute atomic E-state index is 0.307. The summed E-state index contributed by atoms with van der Waals surface area (Å²) in [5.41, 5.74) is 4.94. The zero-order chi connectivity index (χ0) is 24.7. The van der Waals surface area contributed by atoms with E-state index >= 15 is 0 Å². The van der Waals surface area contributed by atoms with Gasteiger partial charge in [-0.1, -0.05) is 48.5 Å². The number of hydrogen-bond acceptors (Lipinski definition) is 5. The molecule has 6 aromatic rings. The van der Waals surface area contributed by atoms with Crippen molar-refractivity contribution in [3.05, 3.63) is 107 Å². The molecule has 2 aliphatic heterocycles. The molecule has 0 saturated carbocycles. The first-order chi connectivity index (χ1) is 18.2. The Morgan fingerprint density at radius 3 is 1.65 bits per heavy atom. The van der Waals surface area contributed by atoms with Crippen LogP contribution in [-0.2, 0) is 27.7 Å². The van der Waals surface area contributed by atoms with E-state index in [1.54, 1.807) is 6.07 Å². The zero-order valence-electron chi connectivity index (χ0n) is 19.5. The predicted octanol–water partition coefficient (Wildman–Crippen LogP) is 7.24. The Morgan fingerprint density at radius 1 is 0.486 bits per heavy atom. The lowest BCUT2D eigenvalue weighted by molar-refractivity contribution is -0.322. The van der Waals surface area contributed by atoms with Gasteiger partial charge in [-0.15, -0.1) is 0 Å². The van der Waals surface area contributed by atoms with Crippen LogP contribution in [0.5, 0.6) is 0 Å². The number of fused-ring (bicyclic) bond motifs is 6. The van der Waals surface area contributed by atoms with Gasteiger partial charge in [-0.3, -0.25) is 0 Å². The summed E-state index contributed by atoms with van der Waals surface area (Å²) in [5.74, 6) is -1.20. The summed E-state index contributed by atoms with van der Waals surface area (Å²) in [7, 11) is 0. The molecule has 2 aliphatic rings. The first kappa shape index (κ1) is 20.6. The van der Waals surface area contributed by atoms with Crippen LogP contribution in [0, 0.1) is 0 Å². The predicted molar refractivity (Wildman–Crippen MR) is 141 cm³/mol. The van der Waals surface area contributed by atoms with Crippen molar-refractivity contribution in [2.24, 2.45) is 0 Å². The maximum atomic E-state index is 12.5. The van der Waals surface area contributed by atoms with Gasteiger partial charge in [-0.05, 0) is 102 Å². The van der Waals surface area contributed by atoms with E-state index in [0.29, 0.717) is 24.3 Å². The Bertz CT molecular complexity index is 2000. The number of carbonyl (C=O) groups excluding carboxylic acids is 2. The summed E-state index contributed by atoms with van der Waals surface area (Å²) in [4.78, 5) is 35.5. The topological polar surface area (TPSA) is 61.8 Å². The number of ether oxygens (including phenoxy) is 1. The minimum atomic E-state index is -0.602. The maximum absolute atomic E-state index is 12.5. The van der Waals surface area contributed by atoms with E-state index in [0.717, 1.165) is 65.3 Å². The molecule has 5 heteroatoms. The smallest absolute Gasteiger partial charge is 0.346 e. The molecule has 8 rings (SSSR count). The van der Waals surface area contributed by atoms with Crippen LogP contribution in [0.1, 0.15) is 31.8 Å². The van der Waals surface area contributed by atoms with Crippen molar-refractivity contribution >= 4 is 55.0 Å². The number of esters is 2. The Labute approximate surface area is 210 Å². The van der Waals surface area contributed by atoms with Crippen LogP contribution in [0.3, 0.4) is 0 Å². The molecule has 0 bridgehead atoms. The van der Waals surface area contributed by atoms with E-state index in [4.69, 9.17) is 14.5 Å². The highest BCUT2D eigenvalue weighted by atomic mass is 17.2. The van der Waals surface area contributed by atoms with Crippen LogP contribution in [0.4, 0.5) is 0 Å². The molecule has 176 valence electrons. The highest BCUT2D eigenvalue weighted by Gasteiger charge is 2.31. The molecule has 37 heavy (non-hydrogen) atoms. The Hall–Kier alpha value is -4.58. The third-order valence-corrected chi connectivity index (χ3v) is 7.57. The van der Waals surface area contributed by atoms with Crippen LogP contribution in [0.25, 0.3) is 54.2 Å². The van der Waals surface area contributed by atoms with E-state index < -0.39 is 11.9 Å². The fourth-order valence-electron chi connectivity index (χ4n) is 5.87. The summed E-state index contributed by atoms with van der Waals surface area (Å²) in [5, 5.41) is 8.35. The number of hydrogen-bond donors (Lipinski definition) is 0. The summed E-state index contributed by atoms with van der Waals surface area (Å²) in [6.07, 6.45) is 0. The van der Waals surface area contributed by atoms with Crippen LogP contribution < -0.4 is 0 Å². The van der Waals surface area contributed by atoms with Crippen molar-refractivity contribution in [1.29, 1.82) is 0 Å². The van der Waals surface area contributed by atoms with Crippen molar-refractivity contribution in [1.82, 2.24) is 0 Å². The fraction of sp³-hybridized carbons (Fsp3) is 0.0625. The molecule has 0 aromatic heterocycles. The van der Waals surface area contributed by atoms with Crippen molar-refractivity contribution in [2.75, 3.05) is 0 Å². The van der Waals surface area contributed by atoms with Gasteiger partial charge in [0.25, 0.3) is 0 Å². The van der Waals surface area contributed by atoms with Gasteiger partial charge in [0.1, 0.15) is 13.2 Å². The molecule has 0 atom stereocenters. The van der Waals surface area contributed by atoms with E-state index in [1.807, 2.05) is 30.3 Å². The van der Waals surface area contributed by atoms with Crippen LogP contribution in [-0.4, -0.2) is 11.9 Å². The molecule has 0 fully saturated rings. The SMILES string of the molecule is O=C1OC(=O)c2cc3c(-c4c5ccccc5cc5cc6c(cc45)COOC6)c4ccccc4cc3cc21. The standard InChI is InChI=1S/C32H18O5/c33-31-27-12-20-10-18-6-2-4-8-24(18)30(26(20)14-28(27)32(34)37-31)29-23-7-3-1-5-17(23)9-19-11-21-15-35-36-16-22(21)13-25(19)29/h1-14H,15-16H2. The van der Waals surface area contributed by atoms with Crippen LogP contribution in [0.2, 0.25) is 0 Å². The molecule has 0 amide bonds. The van der Waals surface area contributed by atoms with E-state index in [9.17, 15) is 9.59 Å². The molecule has 0 N–H and O–H groups in total. The zero-order valence-corrected chi connectivity index (χ0v) is 19.5. The number of carbonyl (C=O) groups is 2. The van der Waals surface area contributed by atoms with E-state index in [-0.39, 0.29) is 0 Å². The van der Waals surface area contributed by atoms with E-state index in [1.165, 1.54) is 0 Å². The summed E-state index contributed by atoms with van der Waals surface area (Å²) < 4.78 is 4.95. The highest BCUT2D eigenvalue weighted by Crippen LogP contribution is 2.45. The van der Waals surface area contributed by atoms with Gasteiger partial charge in [0.15, 0.2) is 0 Å². The molecule has 6 aromatic carbocycles. The Kier molecular flexibility index (Phi) is 4.15. The number of cyclic esters (lactones) is 2. The largest absolute Gasteiger partial charge is 0.386 e. The van der Waals surface area contributed by atoms with Gasteiger partial charge < -0.3 is 4.74 Å². The molecule has 0 spiro atoms. The quantitative estimate of drug-likeness (QED) is 0.107. The molecule has 0 aliphatic carbocycles. The van der Waals surface area contributed by atoms with Gasteiger partial charge in [0, 0.05) is 0 Å². The summed E-state index contributed by atoms with van der Waals surface area (Å²) in [6.45, 7) is 0.794. The van der Waals surface area contributed by atoms with Gasteiger partial charge >= 0.3 is 11.9 Å². The summed E-state index contributed by atoms with van der Waals surface area (Å²) in [6, 6.07) is 28.9. The second-order valence-electron chi connectivity index (χ2n) is 9.61. The van der Waals surface area contributed by atoms with Crippen molar-refractivity contribution in [3.63, 3.8) is 0 Å². The van der Waals surface area contributed by atoms with Gasteiger partial charge in [0.2, 0.25) is 0 Å². The van der Waals surface area contributed by atoms with Crippen LogP contribution >= 0.6 is 0 Å². The monoisotopic (exact) mass is 482 g/mol. The average Bonchev–Trinajstić information content (AvgIpc) is 3.20. The normalized spacial score (nSPS) is 14.9. The third-order valence-electron chi connectivity index (χ3n) is 7.57. The Balaban J connectivity index is 1.61. The van der Waals surface area contributed by atoms with Gasteiger partial charge in [-0.2, -0.15) is 0 Å². The molecule has 0 unspecified atom stereocenters. The second-order valence-corrected chi connectivity index (χ2v) is 9.61. The second kappa shape index (κ2) is 7.46. The molecular formula is C32H18O5. The third kappa shape index (κ3) is 2.93. The first-order valence-electron chi connectivity index (χ1n) is 12.1. The first-order valence-corrected chi connectivity index (χ1v) is 12.1. The van der Waals surface area contributed by atoms with Crippen molar-refractivity contribution in [3.8, 4) is 11.1 Å². The van der Waals surface area contributed by atoms with Crippen LogP contribution in [0.15, 0.2) is 84.9 Å². The van der Waals surface area contributed by atoms with Crippen molar-refractivity contribution < 1.29 is 24.1 Å². The van der Waals surface area contributed by atoms with Crippen molar-refractivity contribution in [2.45, 2.75) is 13.2 Å². The average molecular weight is 482 g/mol. The molecule has 0 saturated heterocycles. The molecule has 0 radical (unpaired) electrons.